The van der Waals surface area contributed by atoms with E-state index in [2.05, 4.69) is 135 Å². The molecule has 0 saturated heterocycles. The zero-order valence-corrected chi connectivity index (χ0v) is 33.4. The van der Waals surface area contributed by atoms with Crippen molar-refractivity contribution in [1.29, 1.82) is 0 Å². The molecule has 0 radical (unpaired) electrons. The molecule has 0 aliphatic heterocycles. The van der Waals surface area contributed by atoms with Crippen LogP contribution < -0.4 is 24.8 Å². The van der Waals surface area contributed by atoms with Crippen LogP contribution in [-0.4, -0.2) is 6.65 Å². The van der Waals surface area contributed by atoms with Crippen LogP contribution in [-0.2, 0) is 20.9 Å². The number of hydrogen-bond acceptors (Lipinski definition) is 0. The van der Waals surface area contributed by atoms with Crippen molar-refractivity contribution < 1.29 is 45.7 Å². The van der Waals surface area contributed by atoms with Gasteiger partial charge in [-0.25, -0.2) is 0 Å². The summed E-state index contributed by atoms with van der Waals surface area (Å²) in [5, 5.41) is 0. The van der Waals surface area contributed by atoms with Crippen LogP contribution in [0.3, 0.4) is 0 Å². The van der Waals surface area contributed by atoms with Crippen molar-refractivity contribution in [3.8, 4) is 11.1 Å². The molecule has 43 heavy (non-hydrogen) atoms. The third kappa shape index (κ3) is 8.35. The van der Waals surface area contributed by atoms with E-state index in [1.54, 1.807) is 33.4 Å². The summed E-state index contributed by atoms with van der Waals surface area (Å²) >= 11 is -1.88. The van der Waals surface area contributed by atoms with Gasteiger partial charge in [0, 0.05) is 0 Å². The third-order valence-electron chi connectivity index (χ3n) is 9.16. The Labute approximate surface area is 285 Å². The average Bonchev–Trinajstić information content (AvgIpc) is 3.48. The molecule has 0 aromatic heterocycles. The molecule has 5 rings (SSSR count). The van der Waals surface area contributed by atoms with Crippen LogP contribution in [0.4, 0.5) is 0 Å². The van der Waals surface area contributed by atoms with Gasteiger partial charge in [0.05, 0.1) is 0 Å². The van der Waals surface area contributed by atoms with Gasteiger partial charge in [-0.05, 0) is 0 Å². The number of halogens is 2. The monoisotopic (exact) mass is 709 g/mol. The van der Waals surface area contributed by atoms with Crippen LogP contribution in [0.15, 0.2) is 71.8 Å². The maximum atomic E-state index is 2.63. The first kappa shape index (κ1) is 38.0. The van der Waals surface area contributed by atoms with Crippen LogP contribution in [0, 0.1) is 0 Å². The van der Waals surface area contributed by atoms with E-state index in [4.69, 9.17) is 0 Å². The normalized spacial score (nSPS) is 16.6. The fourth-order valence-corrected chi connectivity index (χ4v) is 27.5. The molecule has 231 valence electrons. The predicted octanol–water partition coefficient (Wildman–Crippen LogP) is 5.56. The summed E-state index contributed by atoms with van der Waals surface area (Å²) in [5.41, 5.74) is 15.6. The summed E-state index contributed by atoms with van der Waals surface area (Å²) in [6.07, 6.45) is 10.7. The van der Waals surface area contributed by atoms with E-state index in [1.807, 2.05) is 0 Å². The Kier molecular flexibility index (Phi) is 15.5. The van der Waals surface area contributed by atoms with Crippen molar-refractivity contribution in [3.05, 3.63) is 105 Å². The van der Waals surface area contributed by atoms with Crippen molar-refractivity contribution in [1.82, 2.24) is 0 Å². The van der Waals surface area contributed by atoms with Crippen molar-refractivity contribution in [2.24, 2.45) is 0 Å². The summed E-state index contributed by atoms with van der Waals surface area (Å²) in [6.45, 7) is 21.3. The van der Waals surface area contributed by atoms with Gasteiger partial charge in [-0.1, -0.05) is 39.5 Å². The minimum atomic E-state index is -1.88. The molecule has 2 aliphatic rings. The first-order valence-corrected chi connectivity index (χ1v) is 26.5. The van der Waals surface area contributed by atoms with Crippen LogP contribution >= 0.6 is 0 Å². The van der Waals surface area contributed by atoms with Gasteiger partial charge < -0.3 is 24.8 Å². The SMILES string of the molecule is CCCCCC.C[SiH2][Zr+2]([CH]1C(C)=Cc2c(-c3ccccc3)cccc21)[CH]1C(C)=Cc2c(C(C)C)cc(C(C)C)cc21.[Cl-].[Cl-]. The number of allylic oxidation sites excluding steroid dienone is 2. The van der Waals surface area contributed by atoms with E-state index >= 15 is 0 Å². The van der Waals surface area contributed by atoms with Gasteiger partial charge >= 0.3 is 223 Å². The molecular weight excluding hydrogens is 659 g/mol. The van der Waals surface area contributed by atoms with Crippen LogP contribution in [0.2, 0.25) is 6.55 Å². The molecule has 2 atom stereocenters. The Balaban J connectivity index is 0.000000735. The van der Waals surface area contributed by atoms with Gasteiger partial charge in [-0.2, -0.15) is 0 Å². The van der Waals surface area contributed by atoms with Gasteiger partial charge in [0.25, 0.3) is 0 Å². The molecule has 4 heteroatoms. The Hall–Kier alpha value is -1.18. The first-order valence-electron chi connectivity index (χ1n) is 16.3. The number of hydrogen-bond donors (Lipinski definition) is 0. The molecule has 0 nitrogen and oxygen atoms in total. The largest absolute Gasteiger partial charge is 1.00 e. The third-order valence-corrected chi connectivity index (χ3v) is 28.2. The van der Waals surface area contributed by atoms with Crippen molar-refractivity contribution in [2.75, 3.05) is 0 Å². The number of rotatable bonds is 9. The molecule has 2 aliphatic carbocycles. The van der Waals surface area contributed by atoms with Gasteiger partial charge in [0.2, 0.25) is 0 Å². The van der Waals surface area contributed by atoms with E-state index < -0.39 is 20.9 Å². The summed E-state index contributed by atoms with van der Waals surface area (Å²) < 4.78 is 1.46. The minimum Gasteiger partial charge on any atom is -1.00 e. The summed E-state index contributed by atoms with van der Waals surface area (Å²) in [6, 6.07) is 23.2. The van der Waals surface area contributed by atoms with Gasteiger partial charge in [0.15, 0.2) is 0 Å². The van der Waals surface area contributed by atoms with Crippen molar-refractivity contribution >= 4 is 18.8 Å². The van der Waals surface area contributed by atoms with Crippen LogP contribution in [0.1, 0.15) is 134 Å². The molecule has 0 bridgehead atoms. The van der Waals surface area contributed by atoms with Gasteiger partial charge in [-0.3, -0.25) is 0 Å². The quantitative estimate of drug-likeness (QED) is 0.202. The second-order valence-corrected chi connectivity index (χ2v) is 29.3. The van der Waals surface area contributed by atoms with Crippen LogP contribution in [0.25, 0.3) is 23.3 Å². The molecular formula is C39H53Cl2SiZr. The maximum absolute atomic E-state index is 2.63. The second kappa shape index (κ2) is 17.5. The summed E-state index contributed by atoms with van der Waals surface area (Å²) in [5.74, 6) is 1.14. The smallest absolute Gasteiger partial charge is 1.00 e. The molecule has 0 saturated carbocycles. The number of unbranched alkanes of at least 4 members (excludes halogenated alkanes) is 3. The molecule has 0 N–H and O–H groups in total. The van der Waals surface area contributed by atoms with Crippen LogP contribution in [0.5, 0.6) is 0 Å². The predicted molar refractivity (Wildman–Crippen MR) is 184 cm³/mol. The zero-order valence-electron chi connectivity index (χ0n) is 28.0. The standard InChI is InChI=1S/C16H13.C16H21.C6H14.CH5Si.2ClH.Zr/c1-12-10-14-8-5-9-15(16(14)11-12)13-6-3-2-4-7-13;1-10(2)13-8-14-6-12(5)7-16(14)15(9-13)11(3)4;1-3-5-6-4-2;1-2;;;/h2-11H,1H3;6-11H,1-5H3;3-6H2,1-2H3;2H2,1H3;2*1H;/q;;;;;;+2/p-2. The molecule has 3 aromatic carbocycles. The Morgan fingerprint density at radius 3 is 1.81 bits per heavy atom. The van der Waals surface area contributed by atoms with E-state index in [1.165, 1.54) is 47.9 Å². The molecule has 3 aromatic rings. The second-order valence-electron chi connectivity index (χ2n) is 12.9. The first-order chi connectivity index (χ1) is 19.7. The molecule has 0 amide bonds. The van der Waals surface area contributed by atoms with E-state index in [0.29, 0.717) is 11.8 Å². The Bertz CT molecular complexity index is 1390. The minimum absolute atomic E-state index is 0. The van der Waals surface area contributed by atoms with Crippen molar-refractivity contribution in [3.63, 3.8) is 0 Å². The molecule has 0 spiro atoms. The van der Waals surface area contributed by atoms with E-state index in [0.717, 1.165) is 7.25 Å². The van der Waals surface area contributed by atoms with Gasteiger partial charge in [0.1, 0.15) is 0 Å². The molecule has 0 fully saturated rings. The van der Waals surface area contributed by atoms with E-state index in [-0.39, 0.29) is 31.5 Å². The van der Waals surface area contributed by atoms with E-state index in [9.17, 15) is 0 Å². The molecule has 2 unspecified atom stereocenters. The summed E-state index contributed by atoms with van der Waals surface area (Å²) in [4.78, 5) is 0. The Morgan fingerprint density at radius 1 is 0.698 bits per heavy atom. The number of fused-ring (bicyclic) bond motifs is 2. The number of benzene rings is 3. The Morgan fingerprint density at radius 2 is 1.28 bits per heavy atom. The topological polar surface area (TPSA) is 0 Å². The fourth-order valence-electron chi connectivity index (χ4n) is 6.98. The van der Waals surface area contributed by atoms with Gasteiger partial charge in [-0.15, -0.1) is 0 Å². The zero-order chi connectivity index (χ0) is 29.7. The fraction of sp³-hybridized carbons (Fsp3) is 0.436. The summed E-state index contributed by atoms with van der Waals surface area (Å²) in [7, 11) is 0. The molecule has 0 heterocycles. The average molecular weight is 712 g/mol. The maximum Gasteiger partial charge on any atom is -1.00 e. The van der Waals surface area contributed by atoms with Crippen molar-refractivity contribution in [2.45, 2.75) is 107 Å².